The molecular formula is C23H28ClN3O4. The predicted molar refractivity (Wildman–Crippen MR) is 120 cm³/mol. The van der Waals surface area contributed by atoms with Crippen molar-refractivity contribution in [3.8, 4) is 0 Å². The summed E-state index contributed by atoms with van der Waals surface area (Å²) in [5.74, 6) is 0. The van der Waals surface area contributed by atoms with Crippen molar-refractivity contribution in [1.82, 2.24) is 10.2 Å². The van der Waals surface area contributed by atoms with Gasteiger partial charge in [-0.2, -0.15) is 0 Å². The molecule has 8 heteroatoms. The first-order valence-electron chi connectivity index (χ1n) is 10.3. The summed E-state index contributed by atoms with van der Waals surface area (Å²) < 4.78 is 10.6. The van der Waals surface area contributed by atoms with Gasteiger partial charge < -0.3 is 19.7 Å². The molecule has 0 bridgehead atoms. The van der Waals surface area contributed by atoms with Crippen LogP contribution >= 0.6 is 11.6 Å². The van der Waals surface area contributed by atoms with Gasteiger partial charge in [0.1, 0.15) is 6.61 Å². The molecular weight excluding hydrogens is 418 g/mol. The van der Waals surface area contributed by atoms with Crippen LogP contribution in [0.1, 0.15) is 36.9 Å². The van der Waals surface area contributed by atoms with Crippen molar-refractivity contribution in [3.05, 3.63) is 64.7 Å². The summed E-state index contributed by atoms with van der Waals surface area (Å²) in [7, 11) is 1.71. The molecule has 2 aromatic rings. The van der Waals surface area contributed by atoms with E-state index in [2.05, 4.69) is 10.6 Å². The monoisotopic (exact) mass is 445 g/mol. The normalized spacial score (nSPS) is 15.3. The average Bonchev–Trinajstić information content (AvgIpc) is 2.79. The number of halogens is 1. The van der Waals surface area contributed by atoms with E-state index in [0.29, 0.717) is 23.8 Å². The van der Waals surface area contributed by atoms with Crippen LogP contribution in [-0.4, -0.2) is 43.3 Å². The second-order valence-electron chi connectivity index (χ2n) is 7.54. The first-order chi connectivity index (χ1) is 14.9. The van der Waals surface area contributed by atoms with E-state index in [1.165, 1.54) is 0 Å². The third kappa shape index (κ3) is 6.87. The largest absolute Gasteiger partial charge is 0.444 e. The number of carbonyl (C=O) groups is 2. The van der Waals surface area contributed by atoms with Gasteiger partial charge in [-0.3, -0.25) is 5.32 Å². The van der Waals surface area contributed by atoms with Gasteiger partial charge >= 0.3 is 12.1 Å². The van der Waals surface area contributed by atoms with E-state index < -0.39 is 6.09 Å². The summed E-state index contributed by atoms with van der Waals surface area (Å²) in [6.07, 6.45) is 1.41. The number of urea groups is 1. The second kappa shape index (κ2) is 11.0. The van der Waals surface area contributed by atoms with Gasteiger partial charge in [-0.15, -0.1) is 0 Å². The van der Waals surface area contributed by atoms with Crippen LogP contribution in [-0.2, 0) is 16.1 Å². The van der Waals surface area contributed by atoms with Gasteiger partial charge in [0, 0.05) is 30.9 Å². The van der Waals surface area contributed by atoms with E-state index in [-0.39, 0.29) is 24.8 Å². The smallest absolute Gasteiger partial charge is 0.411 e. The number of piperidine rings is 1. The van der Waals surface area contributed by atoms with Crippen molar-refractivity contribution < 1.29 is 19.1 Å². The molecule has 0 aliphatic carbocycles. The van der Waals surface area contributed by atoms with Crippen LogP contribution in [0.4, 0.5) is 15.3 Å². The maximum atomic E-state index is 12.5. The SMILES string of the molecule is COC1CCN(C(=O)N[C@@H](C)c2ccc(NC(=O)OCc3ccc(Cl)cc3)cc2)CC1. The first-order valence-corrected chi connectivity index (χ1v) is 10.7. The van der Waals surface area contributed by atoms with Crippen LogP contribution in [0.15, 0.2) is 48.5 Å². The second-order valence-corrected chi connectivity index (χ2v) is 7.98. The van der Waals surface area contributed by atoms with E-state index in [0.717, 1.165) is 24.0 Å². The molecule has 1 atom stereocenters. The highest BCUT2D eigenvalue weighted by Crippen LogP contribution is 2.18. The quantitative estimate of drug-likeness (QED) is 0.657. The van der Waals surface area contributed by atoms with Crippen molar-refractivity contribution >= 4 is 29.4 Å². The molecule has 0 radical (unpaired) electrons. The Bertz CT molecular complexity index is 865. The Morgan fingerprint density at radius 2 is 1.74 bits per heavy atom. The Balaban J connectivity index is 1.44. The van der Waals surface area contributed by atoms with Crippen molar-refractivity contribution in [3.63, 3.8) is 0 Å². The van der Waals surface area contributed by atoms with Gasteiger partial charge in [0.15, 0.2) is 0 Å². The summed E-state index contributed by atoms with van der Waals surface area (Å²) in [5, 5.41) is 6.36. The molecule has 1 heterocycles. The number of anilines is 1. The highest BCUT2D eigenvalue weighted by Gasteiger charge is 2.23. The zero-order valence-corrected chi connectivity index (χ0v) is 18.5. The van der Waals surface area contributed by atoms with Crippen molar-refractivity contribution in [2.24, 2.45) is 0 Å². The molecule has 3 rings (SSSR count). The lowest BCUT2D eigenvalue weighted by molar-refractivity contribution is 0.0500. The van der Waals surface area contributed by atoms with Crippen LogP contribution in [0.5, 0.6) is 0 Å². The number of likely N-dealkylation sites (tertiary alicyclic amines) is 1. The number of amides is 3. The van der Waals surface area contributed by atoms with E-state index in [4.69, 9.17) is 21.1 Å². The lowest BCUT2D eigenvalue weighted by Gasteiger charge is -2.32. The molecule has 2 aromatic carbocycles. The standard InChI is InChI=1S/C23H28ClN3O4/c1-16(25-22(28)27-13-11-21(30-2)12-14-27)18-5-9-20(10-6-18)26-23(29)31-15-17-3-7-19(24)8-4-17/h3-10,16,21H,11-15H2,1-2H3,(H,25,28)(H,26,29)/t16-/m0/s1. The van der Waals surface area contributed by atoms with E-state index in [1.807, 2.05) is 24.0 Å². The lowest BCUT2D eigenvalue weighted by atomic mass is 10.1. The number of hydrogen-bond donors (Lipinski definition) is 2. The molecule has 3 amide bonds. The van der Waals surface area contributed by atoms with Gasteiger partial charge in [0.05, 0.1) is 12.1 Å². The van der Waals surface area contributed by atoms with Crippen LogP contribution in [0.2, 0.25) is 5.02 Å². The molecule has 0 unspecified atom stereocenters. The number of carbonyl (C=O) groups excluding carboxylic acids is 2. The molecule has 1 aliphatic heterocycles. The molecule has 0 aromatic heterocycles. The van der Waals surface area contributed by atoms with Crippen molar-refractivity contribution in [1.29, 1.82) is 0 Å². The topological polar surface area (TPSA) is 79.9 Å². The molecule has 7 nitrogen and oxygen atoms in total. The number of hydrogen-bond acceptors (Lipinski definition) is 4. The summed E-state index contributed by atoms with van der Waals surface area (Å²) >= 11 is 5.84. The van der Waals surface area contributed by atoms with Gasteiger partial charge in [-0.05, 0) is 55.2 Å². The van der Waals surface area contributed by atoms with Crippen LogP contribution in [0.3, 0.4) is 0 Å². The lowest BCUT2D eigenvalue weighted by Crippen LogP contribution is -2.46. The van der Waals surface area contributed by atoms with Crippen molar-refractivity contribution in [2.45, 2.75) is 38.5 Å². The van der Waals surface area contributed by atoms with Crippen LogP contribution in [0.25, 0.3) is 0 Å². The molecule has 1 aliphatic rings. The van der Waals surface area contributed by atoms with Crippen molar-refractivity contribution in [2.75, 3.05) is 25.5 Å². The minimum absolute atomic E-state index is 0.0740. The first kappa shape index (κ1) is 22.9. The molecule has 0 saturated carbocycles. The molecule has 31 heavy (non-hydrogen) atoms. The van der Waals surface area contributed by atoms with Gasteiger partial charge in [0.25, 0.3) is 0 Å². The Labute approximate surface area is 187 Å². The van der Waals surface area contributed by atoms with Gasteiger partial charge in [0.2, 0.25) is 0 Å². The van der Waals surface area contributed by atoms with Gasteiger partial charge in [-0.1, -0.05) is 35.9 Å². The highest BCUT2D eigenvalue weighted by atomic mass is 35.5. The fourth-order valence-corrected chi connectivity index (χ4v) is 3.52. The summed E-state index contributed by atoms with van der Waals surface area (Å²) in [4.78, 5) is 26.3. The number of benzene rings is 2. The zero-order chi connectivity index (χ0) is 22.2. The molecule has 1 fully saturated rings. The molecule has 2 N–H and O–H groups in total. The third-order valence-electron chi connectivity index (χ3n) is 5.34. The minimum atomic E-state index is -0.538. The van der Waals surface area contributed by atoms with E-state index >= 15 is 0 Å². The fourth-order valence-electron chi connectivity index (χ4n) is 3.39. The zero-order valence-electron chi connectivity index (χ0n) is 17.8. The maximum absolute atomic E-state index is 12.5. The van der Waals surface area contributed by atoms with Crippen LogP contribution in [0, 0.1) is 0 Å². The Morgan fingerprint density at radius 1 is 1.10 bits per heavy atom. The number of methoxy groups -OCH3 is 1. The van der Waals surface area contributed by atoms with Crippen LogP contribution < -0.4 is 10.6 Å². The van der Waals surface area contributed by atoms with E-state index in [1.54, 1.807) is 43.5 Å². The van der Waals surface area contributed by atoms with E-state index in [9.17, 15) is 9.59 Å². The highest BCUT2D eigenvalue weighted by molar-refractivity contribution is 6.30. The number of nitrogens with one attached hydrogen (secondary N) is 2. The summed E-state index contributed by atoms with van der Waals surface area (Å²) in [5.41, 5.74) is 2.41. The number of rotatable bonds is 6. The fraction of sp³-hybridized carbons (Fsp3) is 0.391. The summed E-state index contributed by atoms with van der Waals surface area (Å²) in [6, 6.07) is 14.2. The Kier molecular flexibility index (Phi) is 8.14. The summed E-state index contributed by atoms with van der Waals surface area (Å²) in [6.45, 7) is 3.48. The number of ether oxygens (including phenoxy) is 2. The Morgan fingerprint density at radius 3 is 2.35 bits per heavy atom. The molecule has 1 saturated heterocycles. The maximum Gasteiger partial charge on any atom is 0.411 e. The van der Waals surface area contributed by atoms with Gasteiger partial charge in [-0.25, -0.2) is 9.59 Å². The minimum Gasteiger partial charge on any atom is -0.444 e. The molecule has 0 spiro atoms. The average molecular weight is 446 g/mol. The third-order valence-corrected chi connectivity index (χ3v) is 5.59. The number of nitrogens with zero attached hydrogens (tertiary/aromatic N) is 1. The Hall–Kier alpha value is -2.77. The molecule has 166 valence electrons. The predicted octanol–water partition coefficient (Wildman–Crippen LogP) is 4.97.